The first-order chi connectivity index (χ1) is 16.1. The van der Waals surface area contributed by atoms with Crippen molar-refractivity contribution in [1.29, 1.82) is 0 Å². The van der Waals surface area contributed by atoms with Gasteiger partial charge in [-0.3, -0.25) is 5.43 Å². The van der Waals surface area contributed by atoms with E-state index in [0.29, 0.717) is 12.4 Å². The number of benzene rings is 2. The lowest BCUT2D eigenvalue weighted by Crippen LogP contribution is -2.37. The zero-order valence-electron chi connectivity index (χ0n) is 19.7. The standard InChI is InChI=1S/C27H37N3O2S/c1-2-3-4-5-6-7-8-9-10-16-23-30(33(31,32)25-18-12-11-13-19-25)29-27-22-21-24-17-14-15-20-26(24)28-27/h11-15,17-22H,2-10,16,23H2,1H3,(H,28,29). The van der Waals surface area contributed by atoms with E-state index in [1.807, 2.05) is 42.5 Å². The first-order valence-electron chi connectivity index (χ1n) is 12.3. The Bertz CT molecular complexity index is 1070. The van der Waals surface area contributed by atoms with Gasteiger partial charge in [0.1, 0.15) is 5.82 Å². The molecule has 0 aliphatic heterocycles. The quantitative estimate of drug-likeness (QED) is 0.190. The largest absolute Gasteiger partial charge is 0.289 e. The highest BCUT2D eigenvalue weighted by molar-refractivity contribution is 7.89. The number of para-hydroxylation sites is 1. The second-order valence-electron chi connectivity index (χ2n) is 8.57. The summed E-state index contributed by atoms with van der Waals surface area (Å²) < 4.78 is 28.0. The van der Waals surface area contributed by atoms with Crippen LogP contribution in [-0.2, 0) is 10.0 Å². The average Bonchev–Trinajstić information content (AvgIpc) is 2.85. The molecule has 0 radical (unpaired) electrons. The summed E-state index contributed by atoms with van der Waals surface area (Å²) in [5.74, 6) is 0.528. The Kier molecular flexibility index (Phi) is 10.2. The smallest absolute Gasteiger partial charge is 0.259 e. The maximum Gasteiger partial charge on any atom is 0.259 e. The van der Waals surface area contributed by atoms with E-state index in [-0.39, 0.29) is 4.90 Å². The molecule has 0 saturated carbocycles. The van der Waals surface area contributed by atoms with Crippen molar-refractivity contribution in [3.63, 3.8) is 0 Å². The van der Waals surface area contributed by atoms with Crippen LogP contribution in [0, 0.1) is 0 Å². The lowest BCUT2D eigenvalue weighted by molar-refractivity contribution is 0.442. The van der Waals surface area contributed by atoms with E-state index < -0.39 is 10.0 Å². The number of sulfonamides is 1. The summed E-state index contributed by atoms with van der Waals surface area (Å²) in [6.07, 6.45) is 12.1. The monoisotopic (exact) mass is 467 g/mol. The van der Waals surface area contributed by atoms with Crippen LogP contribution < -0.4 is 5.43 Å². The van der Waals surface area contributed by atoms with Crippen LogP contribution in [0.1, 0.15) is 71.1 Å². The van der Waals surface area contributed by atoms with E-state index in [1.54, 1.807) is 24.3 Å². The van der Waals surface area contributed by atoms with Crippen LogP contribution in [0.15, 0.2) is 71.6 Å². The van der Waals surface area contributed by atoms with Crippen LogP contribution in [0.3, 0.4) is 0 Å². The van der Waals surface area contributed by atoms with E-state index in [0.717, 1.165) is 30.2 Å². The molecule has 1 aromatic heterocycles. The van der Waals surface area contributed by atoms with E-state index >= 15 is 0 Å². The molecule has 178 valence electrons. The Morgan fingerprint density at radius 2 is 1.33 bits per heavy atom. The Balaban J connectivity index is 1.59. The molecule has 3 aromatic rings. The molecule has 0 unspecified atom stereocenters. The van der Waals surface area contributed by atoms with Crippen LogP contribution >= 0.6 is 0 Å². The van der Waals surface area contributed by atoms with Gasteiger partial charge in [0, 0.05) is 11.9 Å². The highest BCUT2D eigenvalue weighted by Crippen LogP contribution is 2.20. The Morgan fingerprint density at radius 3 is 2.03 bits per heavy atom. The Labute approximate surface area is 199 Å². The lowest BCUT2D eigenvalue weighted by Gasteiger charge is -2.23. The van der Waals surface area contributed by atoms with Crippen molar-refractivity contribution < 1.29 is 8.42 Å². The third-order valence-electron chi connectivity index (χ3n) is 5.88. The maximum absolute atomic E-state index is 13.3. The first-order valence-corrected chi connectivity index (χ1v) is 13.8. The molecular weight excluding hydrogens is 430 g/mol. The minimum absolute atomic E-state index is 0.283. The Hall–Kier alpha value is -2.44. The van der Waals surface area contributed by atoms with Gasteiger partial charge in [-0.15, -0.1) is 4.41 Å². The third kappa shape index (κ3) is 7.83. The van der Waals surface area contributed by atoms with Gasteiger partial charge in [-0.05, 0) is 36.8 Å². The number of hydrazine groups is 1. The summed E-state index contributed by atoms with van der Waals surface area (Å²) >= 11 is 0. The normalized spacial score (nSPS) is 11.8. The van der Waals surface area contributed by atoms with E-state index in [2.05, 4.69) is 17.3 Å². The molecule has 0 atom stereocenters. The van der Waals surface area contributed by atoms with Crippen LogP contribution in [0.4, 0.5) is 5.82 Å². The Morgan fingerprint density at radius 1 is 0.727 bits per heavy atom. The number of unbranched alkanes of at least 4 members (excludes halogenated alkanes) is 9. The zero-order chi connectivity index (χ0) is 23.4. The highest BCUT2D eigenvalue weighted by atomic mass is 32.2. The molecule has 0 amide bonds. The van der Waals surface area contributed by atoms with Crippen molar-refractivity contribution >= 4 is 26.7 Å². The number of aromatic nitrogens is 1. The molecule has 2 aromatic carbocycles. The number of fused-ring (bicyclic) bond motifs is 1. The van der Waals surface area contributed by atoms with E-state index in [1.165, 1.54) is 49.4 Å². The molecule has 0 aliphatic carbocycles. The topological polar surface area (TPSA) is 62.3 Å². The fourth-order valence-electron chi connectivity index (χ4n) is 3.95. The molecule has 6 heteroatoms. The van der Waals surface area contributed by atoms with Crippen molar-refractivity contribution in [1.82, 2.24) is 9.40 Å². The van der Waals surface area contributed by atoms with Gasteiger partial charge >= 0.3 is 0 Å². The number of nitrogens with one attached hydrogen (secondary N) is 1. The minimum Gasteiger partial charge on any atom is -0.289 e. The fourth-order valence-corrected chi connectivity index (χ4v) is 5.29. The van der Waals surface area contributed by atoms with Crippen molar-refractivity contribution in [2.75, 3.05) is 12.0 Å². The molecular formula is C27H37N3O2S. The molecule has 0 fully saturated rings. The number of hydrogen-bond acceptors (Lipinski definition) is 4. The van der Waals surface area contributed by atoms with Gasteiger partial charge in [-0.1, -0.05) is 101 Å². The van der Waals surface area contributed by atoms with Gasteiger partial charge in [0.2, 0.25) is 0 Å². The van der Waals surface area contributed by atoms with Gasteiger partial charge < -0.3 is 0 Å². The van der Waals surface area contributed by atoms with Crippen molar-refractivity contribution in [3.05, 3.63) is 66.7 Å². The number of anilines is 1. The molecule has 0 spiro atoms. The number of pyridine rings is 1. The zero-order valence-corrected chi connectivity index (χ0v) is 20.6. The van der Waals surface area contributed by atoms with Gasteiger partial charge in [-0.2, -0.15) is 0 Å². The summed E-state index contributed by atoms with van der Waals surface area (Å²) in [5, 5.41) is 1.02. The molecule has 0 saturated heterocycles. The first kappa shape index (κ1) is 25.2. The molecule has 33 heavy (non-hydrogen) atoms. The van der Waals surface area contributed by atoms with Crippen molar-refractivity contribution in [2.45, 2.75) is 76.0 Å². The predicted molar refractivity (Wildman–Crippen MR) is 138 cm³/mol. The van der Waals surface area contributed by atoms with Crippen molar-refractivity contribution in [3.8, 4) is 0 Å². The summed E-state index contributed by atoms with van der Waals surface area (Å²) in [5.41, 5.74) is 3.91. The second kappa shape index (κ2) is 13.3. The van der Waals surface area contributed by atoms with Crippen LogP contribution in [-0.4, -0.2) is 24.4 Å². The maximum atomic E-state index is 13.3. The van der Waals surface area contributed by atoms with E-state index in [4.69, 9.17) is 0 Å². The fraction of sp³-hybridized carbons (Fsp3) is 0.444. The van der Waals surface area contributed by atoms with Crippen LogP contribution in [0.25, 0.3) is 10.9 Å². The van der Waals surface area contributed by atoms with Gasteiger partial charge in [0.25, 0.3) is 10.0 Å². The minimum atomic E-state index is -3.68. The van der Waals surface area contributed by atoms with Crippen LogP contribution in [0.5, 0.6) is 0 Å². The van der Waals surface area contributed by atoms with Gasteiger partial charge in [0.05, 0.1) is 10.4 Å². The summed E-state index contributed by atoms with van der Waals surface area (Å²) in [7, 11) is -3.68. The molecule has 0 bridgehead atoms. The van der Waals surface area contributed by atoms with Crippen LogP contribution in [0.2, 0.25) is 0 Å². The number of hydrogen-bond donors (Lipinski definition) is 1. The molecule has 5 nitrogen and oxygen atoms in total. The average molecular weight is 468 g/mol. The van der Waals surface area contributed by atoms with Crippen molar-refractivity contribution in [2.24, 2.45) is 0 Å². The SMILES string of the molecule is CCCCCCCCCCCCN(Nc1ccc2ccccc2n1)S(=O)(=O)c1ccccc1. The highest BCUT2D eigenvalue weighted by Gasteiger charge is 2.24. The molecule has 1 N–H and O–H groups in total. The van der Waals surface area contributed by atoms with Gasteiger partial charge in [-0.25, -0.2) is 13.4 Å². The number of rotatable bonds is 15. The summed E-state index contributed by atoms with van der Waals surface area (Å²) in [4.78, 5) is 4.89. The predicted octanol–water partition coefficient (Wildman–Crippen LogP) is 7.17. The lowest BCUT2D eigenvalue weighted by atomic mass is 10.1. The van der Waals surface area contributed by atoms with Gasteiger partial charge in [0.15, 0.2) is 0 Å². The summed E-state index contributed by atoms with van der Waals surface area (Å²) in [6, 6.07) is 20.2. The van der Waals surface area contributed by atoms with E-state index in [9.17, 15) is 8.42 Å². The third-order valence-corrected chi connectivity index (χ3v) is 7.61. The molecule has 1 heterocycles. The number of nitrogens with zero attached hydrogens (tertiary/aromatic N) is 2. The molecule has 3 rings (SSSR count). The second-order valence-corrected chi connectivity index (χ2v) is 10.4. The summed E-state index contributed by atoms with van der Waals surface area (Å²) in [6.45, 7) is 2.65. The molecule has 0 aliphatic rings.